The molecule has 0 unspecified atom stereocenters. The Morgan fingerprint density at radius 1 is 1.53 bits per heavy atom. The molecule has 0 atom stereocenters. The Hall–Kier alpha value is -1.89. The van der Waals surface area contributed by atoms with Crippen LogP contribution in [0.1, 0.15) is 37.7 Å². The number of carbonyl (C=O) groups is 1. The monoisotopic (exact) mass is 231 g/mol. The van der Waals surface area contributed by atoms with Crippen molar-refractivity contribution in [2.24, 2.45) is 0 Å². The highest BCUT2D eigenvalue weighted by atomic mass is 16.1. The molecule has 1 heterocycles. The lowest BCUT2D eigenvalue weighted by atomic mass is 10.2. The first kappa shape index (κ1) is 13.2. The standard InChI is InChI=1S/C13H17N3O/c1-10(2)16(8-4-7-14)12-5-6-13(11(3)17)15-9-12/h5-6,9-10H,4,8H2,1-3H3. The third-order valence-corrected chi connectivity index (χ3v) is 2.53. The minimum Gasteiger partial charge on any atom is -0.367 e. The van der Waals surface area contributed by atoms with E-state index in [1.165, 1.54) is 6.92 Å². The van der Waals surface area contributed by atoms with E-state index in [-0.39, 0.29) is 5.78 Å². The zero-order valence-electron chi connectivity index (χ0n) is 10.5. The van der Waals surface area contributed by atoms with Crippen LogP contribution >= 0.6 is 0 Å². The smallest absolute Gasteiger partial charge is 0.178 e. The molecule has 0 saturated carbocycles. The van der Waals surface area contributed by atoms with Crippen molar-refractivity contribution in [3.05, 3.63) is 24.0 Å². The average molecular weight is 231 g/mol. The van der Waals surface area contributed by atoms with E-state index in [0.29, 0.717) is 24.7 Å². The topological polar surface area (TPSA) is 57.0 Å². The van der Waals surface area contributed by atoms with Crippen LogP contribution in [-0.2, 0) is 0 Å². The van der Waals surface area contributed by atoms with E-state index in [1.54, 1.807) is 12.3 Å². The Balaban J connectivity index is 2.88. The van der Waals surface area contributed by atoms with Crippen molar-refractivity contribution >= 4 is 11.5 Å². The maximum atomic E-state index is 11.1. The summed E-state index contributed by atoms with van der Waals surface area (Å²) in [6, 6.07) is 6.03. The van der Waals surface area contributed by atoms with Gasteiger partial charge >= 0.3 is 0 Å². The largest absolute Gasteiger partial charge is 0.367 e. The highest BCUT2D eigenvalue weighted by Crippen LogP contribution is 2.16. The highest BCUT2D eigenvalue weighted by Gasteiger charge is 2.11. The van der Waals surface area contributed by atoms with E-state index in [0.717, 1.165) is 5.69 Å². The second-order valence-corrected chi connectivity index (χ2v) is 4.15. The van der Waals surface area contributed by atoms with Crippen LogP contribution in [0.4, 0.5) is 5.69 Å². The van der Waals surface area contributed by atoms with Crippen LogP contribution in [0.15, 0.2) is 18.3 Å². The molecule has 17 heavy (non-hydrogen) atoms. The summed E-state index contributed by atoms with van der Waals surface area (Å²) in [4.78, 5) is 17.3. The van der Waals surface area contributed by atoms with Gasteiger partial charge in [-0.3, -0.25) is 9.78 Å². The lowest BCUT2D eigenvalue weighted by molar-refractivity contribution is 0.101. The third kappa shape index (κ3) is 3.56. The molecule has 0 radical (unpaired) electrons. The van der Waals surface area contributed by atoms with Gasteiger partial charge in [0.25, 0.3) is 0 Å². The molecule has 0 fully saturated rings. The van der Waals surface area contributed by atoms with Gasteiger partial charge < -0.3 is 4.90 Å². The minimum atomic E-state index is -0.0373. The van der Waals surface area contributed by atoms with Crippen molar-refractivity contribution in [2.45, 2.75) is 33.2 Å². The van der Waals surface area contributed by atoms with Crippen molar-refractivity contribution in [1.82, 2.24) is 4.98 Å². The maximum absolute atomic E-state index is 11.1. The zero-order chi connectivity index (χ0) is 12.8. The summed E-state index contributed by atoms with van der Waals surface area (Å²) in [7, 11) is 0. The predicted octanol–water partition coefficient (Wildman–Crippen LogP) is 2.41. The first-order valence-corrected chi connectivity index (χ1v) is 5.67. The Morgan fingerprint density at radius 3 is 2.65 bits per heavy atom. The van der Waals surface area contributed by atoms with Gasteiger partial charge in [0.1, 0.15) is 5.69 Å². The van der Waals surface area contributed by atoms with E-state index < -0.39 is 0 Å². The molecule has 0 bridgehead atoms. The normalized spacial score (nSPS) is 10.1. The minimum absolute atomic E-state index is 0.0373. The van der Waals surface area contributed by atoms with Gasteiger partial charge in [-0.15, -0.1) is 0 Å². The van der Waals surface area contributed by atoms with Crippen LogP contribution in [0.5, 0.6) is 0 Å². The molecule has 4 heteroatoms. The molecule has 0 spiro atoms. The van der Waals surface area contributed by atoms with Gasteiger partial charge in [-0.1, -0.05) is 0 Å². The number of pyridine rings is 1. The number of aromatic nitrogens is 1. The molecule has 1 aromatic heterocycles. The summed E-state index contributed by atoms with van der Waals surface area (Å²) in [5, 5.41) is 8.62. The maximum Gasteiger partial charge on any atom is 0.178 e. The highest BCUT2D eigenvalue weighted by molar-refractivity contribution is 5.92. The molecular formula is C13H17N3O. The first-order valence-electron chi connectivity index (χ1n) is 5.67. The van der Waals surface area contributed by atoms with Crippen molar-refractivity contribution in [1.29, 1.82) is 5.26 Å². The summed E-state index contributed by atoms with van der Waals surface area (Å²) in [5.41, 5.74) is 1.41. The molecule has 1 rings (SSSR count). The molecule has 0 aliphatic rings. The number of nitriles is 1. The molecule has 90 valence electrons. The quantitative estimate of drug-likeness (QED) is 0.730. The summed E-state index contributed by atoms with van der Waals surface area (Å²) in [6.45, 7) is 6.31. The fraction of sp³-hybridized carbons (Fsp3) is 0.462. The first-order chi connectivity index (χ1) is 8.06. The predicted molar refractivity (Wildman–Crippen MR) is 67.0 cm³/mol. The summed E-state index contributed by atoms with van der Waals surface area (Å²) < 4.78 is 0. The van der Waals surface area contributed by atoms with E-state index in [1.807, 2.05) is 6.07 Å². The van der Waals surface area contributed by atoms with Crippen molar-refractivity contribution in [2.75, 3.05) is 11.4 Å². The zero-order valence-corrected chi connectivity index (χ0v) is 10.5. The van der Waals surface area contributed by atoms with Gasteiger partial charge in [0.2, 0.25) is 0 Å². The molecule has 0 N–H and O–H groups in total. The van der Waals surface area contributed by atoms with Crippen LogP contribution in [0, 0.1) is 11.3 Å². The number of hydrogen-bond donors (Lipinski definition) is 0. The molecule has 1 aromatic rings. The van der Waals surface area contributed by atoms with Gasteiger partial charge in [-0.2, -0.15) is 5.26 Å². The molecule has 0 aliphatic carbocycles. The average Bonchev–Trinajstić information content (AvgIpc) is 2.29. The fourth-order valence-corrected chi connectivity index (χ4v) is 1.62. The van der Waals surface area contributed by atoms with Crippen LogP contribution in [0.2, 0.25) is 0 Å². The van der Waals surface area contributed by atoms with Crippen molar-refractivity contribution in [3.63, 3.8) is 0 Å². The number of anilines is 1. The number of carbonyl (C=O) groups excluding carboxylic acids is 1. The van der Waals surface area contributed by atoms with Gasteiger partial charge in [-0.25, -0.2) is 0 Å². The van der Waals surface area contributed by atoms with Gasteiger partial charge in [0.15, 0.2) is 5.78 Å². The fourth-order valence-electron chi connectivity index (χ4n) is 1.62. The third-order valence-electron chi connectivity index (χ3n) is 2.53. The number of rotatable bonds is 5. The number of hydrogen-bond acceptors (Lipinski definition) is 4. The lowest BCUT2D eigenvalue weighted by Gasteiger charge is -2.27. The van der Waals surface area contributed by atoms with E-state index in [4.69, 9.17) is 5.26 Å². The molecule has 0 aromatic carbocycles. The molecule has 0 amide bonds. The Labute approximate surface area is 102 Å². The molecule has 0 saturated heterocycles. The Morgan fingerprint density at radius 2 is 2.24 bits per heavy atom. The van der Waals surface area contributed by atoms with E-state index in [9.17, 15) is 4.79 Å². The van der Waals surface area contributed by atoms with Gasteiger partial charge in [0.05, 0.1) is 24.4 Å². The Bertz CT molecular complexity index is 417. The SMILES string of the molecule is CC(=O)c1ccc(N(CCC#N)C(C)C)cn1. The summed E-state index contributed by atoms with van der Waals surface area (Å²) in [6.07, 6.45) is 2.17. The number of ketones is 1. The second kappa shape index (κ2) is 6.00. The van der Waals surface area contributed by atoms with Crippen LogP contribution < -0.4 is 4.90 Å². The van der Waals surface area contributed by atoms with Crippen molar-refractivity contribution < 1.29 is 4.79 Å². The van der Waals surface area contributed by atoms with Crippen LogP contribution in [0.25, 0.3) is 0 Å². The van der Waals surface area contributed by atoms with E-state index >= 15 is 0 Å². The number of nitrogens with zero attached hydrogens (tertiary/aromatic N) is 3. The number of Topliss-reactive ketones (excluding diaryl/α,β-unsaturated/α-hetero) is 1. The van der Waals surface area contributed by atoms with Gasteiger partial charge in [0, 0.05) is 19.5 Å². The molecule has 0 aliphatic heterocycles. The van der Waals surface area contributed by atoms with E-state index in [2.05, 4.69) is 29.8 Å². The molecule has 4 nitrogen and oxygen atoms in total. The van der Waals surface area contributed by atoms with Crippen LogP contribution in [0.3, 0.4) is 0 Å². The Kier molecular flexibility index (Phi) is 4.65. The van der Waals surface area contributed by atoms with Crippen LogP contribution in [-0.4, -0.2) is 23.4 Å². The molecular weight excluding hydrogens is 214 g/mol. The van der Waals surface area contributed by atoms with Gasteiger partial charge in [-0.05, 0) is 26.0 Å². The second-order valence-electron chi connectivity index (χ2n) is 4.15. The summed E-state index contributed by atoms with van der Waals surface area (Å²) in [5.74, 6) is -0.0373. The summed E-state index contributed by atoms with van der Waals surface area (Å²) >= 11 is 0. The van der Waals surface area contributed by atoms with Crippen molar-refractivity contribution in [3.8, 4) is 6.07 Å². The lowest BCUT2D eigenvalue weighted by Crippen LogP contribution is -2.31.